The highest BCUT2D eigenvalue weighted by Gasteiger charge is 2.13. The summed E-state index contributed by atoms with van der Waals surface area (Å²) in [6.45, 7) is 0. The molecule has 0 amide bonds. The highest BCUT2D eigenvalue weighted by molar-refractivity contribution is 9.10. The molecule has 1 unspecified atom stereocenters. The fourth-order valence-electron chi connectivity index (χ4n) is 1.90. The fraction of sp³-hybridized carbons (Fsp3) is 0.143. The average Bonchev–Trinajstić information content (AvgIpc) is 2.43. The maximum absolute atomic E-state index is 13.2. The third-order valence-corrected chi connectivity index (χ3v) is 4.19. The van der Waals surface area contributed by atoms with E-state index in [4.69, 9.17) is 5.84 Å². The van der Waals surface area contributed by atoms with E-state index in [1.807, 2.05) is 0 Å². The second-order valence-corrected chi connectivity index (χ2v) is 6.05. The lowest BCUT2D eigenvalue weighted by Crippen LogP contribution is -2.29. The molecule has 0 aliphatic heterocycles. The molecule has 20 heavy (non-hydrogen) atoms. The summed E-state index contributed by atoms with van der Waals surface area (Å²) in [5, 5.41) is 0. The van der Waals surface area contributed by atoms with Crippen molar-refractivity contribution in [3.8, 4) is 0 Å². The SMILES string of the molecule is NNC(Cc1ccc(F)c(Br)c1)c1ccc(F)c(Br)c1. The molecule has 2 nitrogen and oxygen atoms in total. The Morgan fingerprint density at radius 2 is 1.60 bits per heavy atom. The predicted octanol–water partition coefficient (Wildman–Crippen LogP) is 4.24. The normalized spacial score (nSPS) is 12.4. The van der Waals surface area contributed by atoms with E-state index in [1.165, 1.54) is 12.1 Å². The Balaban J connectivity index is 2.23. The number of nitrogens with two attached hydrogens (primary N) is 1. The molecule has 0 spiro atoms. The fourth-order valence-corrected chi connectivity index (χ4v) is 2.73. The summed E-state index contributed by atoms with van der Waals surface area (Å²) in [7, 11) is 0. The Morgan fingerprint density at radius 3 is 2.15 bits per heavy atom. The number of hydrazine groups is 1. The molecule has 0 saturated carbocycles. The Bertz CT molecular complexity index is 620. The topological polar surface area (TPSA) is 38.0 Å². The molecule has 3 N–H and O–H groups in total. The first-order valence-electron chi connectivity index (χ1n) is 5.86. The maximum atomic E-state index is 13.2. The minimum Gasteiger partial charge on any atom is -0.271 e. The lowest BCUT2D eigenvalue weighted by Gasteiger charge is -2.17. The molecule has 0 aliphatic carbocycles. The van der Waals surface area contributed by atoms with Gasteiger partial charge >= 0.3 is 0 Å². The zero-order valence-corrected chi connectivity index (χ0v) is 13.5. The first-order chi connectivity index (χ1) is 9.51. The van der Waals surface area contributed by atoms with Gasteiger partial charge in [-0.3, -0.25) is 11.3 Å². The van der Waals surface area contributed by atoms with Crippen molar-refractivity contribution in [2.45, 2.75) is 12.5 Å². The zero-order chi connectivity index (χ0) is 14.7. The summed E-state index contributed by atoms with van der Waals surface area (Å²) in [4.78, 5) is 0. The van der Waals surface area contributed by atoms with E-state index >= 15 is 0 Å². The summed E-state index contributed by atoms with van der Waals surface area (Å²) in [5.74, 6) is 4.93. The van der Waals surface area contributed by atoms with E-state index in [1.54, 1.807) is 24.3 Å². The van der Waals surface area contributed by atoms with Crippen molar-refractivity contribution >= 4 is 31.9 Å². The lowest BCUT2D eigenvalue weighted by molar-refractivity contribution is 0.547. The largest absolute Gasteiger partial charge is 0.271 e. The second kappa shape index (κ2) is 6.76. The summed E-state index contributed by atoms with van der Waals surface area (Å²) in [5.41, 5.74) is 4.46. The minimum atomic E-state index is -0.325. The first kappa shape index (κ1) is 15.6. The van der Waals surface area contributed by atoms with Gasteiger partial charge in [0.15, 0.2) is 0 Å². The van der Waals surface area contributed by atoms with E-state index in [9.17, 15) is 8.78 Å². The van der Waals surface area contributed by atoms with Crippen LogP contribution in [0.1, 0.15) is 17.2 Å². The minimum absolute atomic E-state index is 0.190. The number of halogens is 4. The monoisotopic (exact) mass is 404 g/mol. The van der Waals surface area contributed by atoms with Crippen molar-refractivity contribution in [3.63, 3.8) is 0 Å². The van der Waals surface area contributed by atoms with Gasteiger partial charge in [-0.15, -0.1) is 0 Å². The summed E-state index contributed by atoms with van der Waals surface area (Å²) < 4.78 is 27.2. The van der Waals surface area contributed by atoms with Crippen LogP contribution in [0, 0.1) is 11.6 Å². The number of benzene rings is 2. The van der Waals surface area contributed by atoms with Gasteiger partial charge in [-0.2, -0.15) is 0 Å². The maximum Gasteiger partial charge on any atom is 0.137 e. The van der Waals surface area contributed by atoms with E-state index in [0.29, 0.717) is 15.4 Å². The molecule has 0 saturated heterocycles. The number of rotatable bonds is 4. The van der Waals surface area contributed by atoms with Crippen LogP contribution in [0.4, 0.5) is 8.78 Å². The Morgan fingerprint density at radius 1 is 1.00 bits per heavy atom. The van der Waals surface area contributed by atoms with Crippen LogP contribution in [0.3, 0.4) is 0 Å². The van der Waals surface area contributed by atoms with Crippen molar-refractivity contribution in [2.24, 2.45) is 5.84 Å². The standard InChI is InChI=1S/C14H12Br2F2N2/c15-10-5-8(1-3-12(10)17)6-14(20-19)9-2-4-13(18)11(16)7-9/h1-5,7,14,20H,6,19H2. The molecule has 0 aromatic heterocycles. The van der Waals surface area contributed by atoms with Gasteiger partial charge in [0.2, 0.25) is 0 Å². The Labute approximate surface area is 132 Å². The molecule has 0 fully saturated rings. The zero-order valence-electron chi connectivity index (χ0n) is 10.3. The van der Waals surface area contributed by atoms with Crippen LogP contribution in [0.15, 0.2) is 45.3 Å². The average molecular weight is 406 g/mol. The highest BCUT2D eigenvalue weighted by atomic mass is 79.9. The predicted molar refractivity (Wildman–Crippen MR) is 82.0 cm³/mol. The van der Waals surface area contributed by atoms with Crippen molar-refractivity contribution in [1.82, 2.24) is 5.43 Å². The molecule has 1 atom stereocenters. The summed E-state index contributed by atoms with van der Waals surface area (Å²) >= 11 is 6.30. The quantitative estimate of drug-likeness (QED) is 0.589. The van der Waals surface area contributed by atoms with Gasteiger partial charge in [0.05, 0.1) is 15.0 Å². The molecule has 2 rings (SSSR count). The van der Waals surface area contributed by atoms with Gasteiger partial charge in [-0.25, -0.2) is 8.78 Å². The molecule has 0 bridgehead atoms. The smallest absolute Gasteiger partial charge is 0.137 e. The molecular formula is C14H12Br2F2N2. The van der Waals surface area contributed by atoms with Crippen molar-refractivity contribution in [2.75, 3.05) is 0 Å². The van der Waals surface area contributed by atoms with Crippen molar-refractivity contribution in [3.05, 3.63) is 68.1 Å². The van der Waals surface area contributed by atoms with Crippen LogP contribution in [-0.2, 0) is 6.42 Å². The molecule has 0 heterocycles. The first-order valence-corrected chi connectivity index (χ1v) is 7.45. The van der Waals surface area contributed by atoms with Gasteiger partial charge in [-0.05, 0) is 73.7 Å². The van der Waals surface area contributed by atoms with Gasteiger partial charge in [0.25, 0.3) is 0 Å². The molecule has 2 aromatic carbocycles. The highest BCUT2D eigenvalue weighted by Crippen LogP contribution is 2.25. The summed E-state index contributed by atoms with van der Waals surface area (Å²) in [6.07, 6.45) is 0.563. The van der Waals surface area contributed by atoms with Gasteiger partial charge < -0.3 is 0 Å². The van der Waals surface area contributed by atoms with E-state index in [-0.39, 0.29) is 17.7 Å². The second-order valence-electron chi connectivity index (χ2n) is 4.35. The third kappa shape index (κ3) is 3.63. The van der Waals surface area contributed by atoms with Crippen LogP contribution in [0.25, 0.3) is 0 Å². The Hall–Kier alpha value is -0.820. The van der Waals surface area contributed by atoms with E-state index in [0.717, 1.165) is 11.1 Å². The van der Waals surface area contributed by atoms with Crippen LogP contribution >= 0.6 is 31.9 Å². The number of hydrogen-bond acceptors (Lipinski definition) is 2. The third-order valence-electron chi connectivity index (χ3n) is 2.97. The van der Waals surface area contributed by atoms with Gasteiger partial charge in [0.1, 0.15) is 11.6 Å². The van der Waals surface area contributed by atoms with Crippen LogP contribution in [0.2, 0.25) is 0 Å². The van der Waals surface area contributed by atoms with Crippen molar-refractivity contribution < 1.29 is 8.78 Å². The lowest BCUT2D eigenvalue weighted by atomic mass is 9.99. The Kier molecular flexibility index (Phi) is 5.26. The van der Waals surface area contributed by atoms with Crippen LogP contribution in [-0.4, -0.2) is 0 Å². The number of nitrogens with one attached hydrogen (secondary N) is 1. The molecule has 2 aromatic rings. The molecule has 0 aliphatic rings. The van der Waals surface area contributed by atoms with Gasteiger partial charge in [0, 0.05) is 0 Å². The molecule has 0 radical (unpaired) electrons. The molecule has 6 heteroatoms. The van der Waals surface area contributed by atoms with Crippen LogP contribution in [0.5, 0.6) is 0 Å². The molecule has 106 valence electrons. The molecular weight excluding hydrogens is 394 g/mol. The number of hydrogen-bond donors (Lipinski definition) is 2. The van der Waals surface area contributed by atoms with Gasteiger partial charge in [-0.1, -0.05) is 12.1 Å². The summed E-state index contributed by atoms with van der Waals surface area (Å²) in [6, 6.07) is 9.34. The van der Waals surface area contributed by atoms with E-state index in [2.05, 4.69) is 37.3 Å². The van der Waals surface area contributed by atoms with E-state index < -0.39 is 0 Å². The van der Waals surface area contributed by atoms with Crippen LogP contribution < -0.4 is 11.3 Å². The van der Waals surface area contributed by atoms with Crippen molar-refractivity contribution in [1.29, 1.82) is 0 Å².